The van der Waals surface area contributed by atoms with Crippen LogP contribution in [-0.4, -0.2) is 29.4 Å². The molecule has 1 N–H and O–H groups in total. The third-order valence-corrected chi connectivity index (χ3v) is 4.54. The lowest BCUT2D eigenvalue weighted by molar-refractivity contribution is 0.490. The van der Waals surface area contributed by atoms with Gasteiger partial charge in [0.1, 0.15) is 5.82 Å². The first-order chi connectivity index (χ1) is 10.6. The maximum atomic E-state index is 12.9. The molecule has 2 nitrogen and oxygen atoms in total. The number of rotatable bonds is 6. The summed E-state index contributed by atoms with van der Waals surface area (Å²) in [5.41, 5.74) is 1.03. The van der Waals surface area contributed by atoms with Crippen molar-refractivity contribution >= 4 is 29.1 Å². The molecule has 0 heterocycles. The number of benzene rings is 2. The third kappa shape index (κ3) is 5.66. The lowest BCUT2D eigenvalue weighted by Gasteiger charge is -2.21. The second kappa shape index (κ2) is 8.76. The molecular formula is C17H19FN2S2. The van der Waals surface area contributed by atoms with Crippen LogP contribution in [0.2, 0.25) is 0 Å². The molecule has 0 saturated heterocycles. The Morgan fingerprint density at radius 3 is 2.50 bits per heavy atom. The standard InChI is InChI=1S/C17H19FN2S2/c1-20(13-14-7-9-15(18)10-8-14)17(21)19-11-12-22-16-5-3-2-4-6-16/h2-10H,11-13H2,1H3,(H,19,21). The van der Waals surface area contributed by atoms with Crippen molar-refractivity contribution in [2.45, 2.75) is 11.4 Å². The van der Waals surface area contributed by atoms with Gasteiger partial charge >= 0.3 is 0 Å². The average Bonchev–Trinajstić information content (AvgIpc) is 2.54. The Hall–Kier alpha value is -1.59. The Morgan fingerprint density at radius 2 is 1.82 bits per heavy atom. The molecule has 2 aromatic rings. The van der Waals surface area contributed by atoms with E-state index in [1.807, 2.05) is 30.1 Å². The molecule has 0 atom stereocenters. The van der Waals surface area contributed by atoms with Crippen molar-refractivity contribution in [1.29, 1.82) is 0 Å². The van der Waals surface area contributed by atoms with Crippen molar-refractivity contribution in [2.24, 2.45) is 0 Å². The molecule has 0 fully saturated rings. The molecule has 22 heavy (non-hydrogen) atoms. The van der Waals surface area contributed by atoms with Gasteiger partial charge in [-0.25, -0.2) is 4.39 Å². The highest BCUT2D eigenvalue weighted by Gasteiger charge is 2.05. The fraction of sp³-hybridized carbons (Fsp3) is 0.235. The molecule has 0 aliphatic carbocycles. The van der Waals surface area contributed by atoms with Crippen molar-refractivity contribution in [3.63, 3.8) is 0 Å². The highest BCUT2D eigenvalue weighted by Crippen LogP contribution is 2.15. The zero-order chi connectivity index (χ0) is 15.8. The van der Waals surface area contributed by atoms with Crippen LogP contribution in [-0.2, 0) is 6.54 Å². The summed E-state index contributed by atoms with van der Waals surface area (Å²) in [7, 11) is 1.93. The van der Waals surface area contributed by atoms with Gasteiger partial charge in [-0.05, 0) is 42.0 Å². The molecule has 2 aromatic carbocycles. The first-order valence-electron chi connectivity index (χ1n) is 7.06. The van der Waals surface area contributed by atoms with E-state index in [-0.39, 0.29) is 5.82 Å². The number of nitrogens with one attached hydrogen (secondary N) is 1. The van der Waals surface area contributed by atoms with Crippen LogP contribution < -0.4 is 5.32 Å². The maximum absolute atomic E-state index is 12.9. The summed E-state index contributed by atoms with van der Waals surface area (Å²) in [4.78, 5) is 3.21. The van der Waals surface area contributed by atoms with Crippen LogP contribution in [0.4, 0.5) is 4.39 Å². The lowest BCUT2D eigenvalue weighted by atomic mass is 10.2. The van der Waals surface area contributed by atoms with Crippen molar-refractivity contribution in [2.75, 3.05) is 19.3 Å². The molecular weight excluding hydrogens is 315 g/mol. The molecule has 0 unspecified atom stereocenters. The van der Waals surface area contributed by atoms with Crippen LogP contribution in [0.3, 0.4) is 0 Å². The van der Waals surface area contributed by atoms with E-state index in [4.69, 9.17) is 12.2 Å². The van der Waals surface area contributed by atoms with E-state index in [1.54, 1.807) is 23.9 Å². The summed E-state index contributed by atoms with van der Waals surface area (Å²) in [6.45, 7) is 1.48. The van der Waals surface area contributed by atoms with Crippen molar-refractivity contribution in [3.8, 4) is 0 Å². The summed E-state index contributed by atoms with van der Waals surface area (Å²) < 4.78 is 12.9. The second-order valence-electron chi connectivity index (χ2n) is 4.88. The van der Waals surface area contributed by atoms with Crippen molar-refractivity contribution in [3.05, 3.63) is 66.0 Å². The number of thioether (sulfide) groups is 1. The Kier molecular flexibility index (Phi) is 6.68. The van der Waals surface area contributed by atoms with Gasteiger partial charge in [0.25, 0.3) is 0 Å². The van der Waals surface area contributed by atoms with E-state index in [0.29, 0.717) is 11.7 Å². The zero-order valence-electron chi connectivity index (χ0n) is 12.5. The molecule has 5 heteroatoms. The summed E-state index contributed by atoms with van der Waals surface area (Å²) >= 11 is 7.16. The van der Waals surface area contributed by atoms with Crippen molar-refractivity contribution in [1.82, 2.24) is 10.2 Å². The minimum Gasteiger partial charge on any atom is -0.362 e. The quantitative estimate of drug-likeness (QED) is 0.489. The maximum Gasteiger partial charge on any atom is 0.169 e. The Morgan fingerprint density at radius 1 is 1.14 bits per heavy atom. The van der Waals surface area contributed by atoms with Gasteiger partial charge in [0.2, 0.25) is 0 Å². The number of hydrogen-bond acceptors (Lipinski definition) is 2. The van der Waals surface area contributed by atoms with E-state index >= 15 is 0 Å². The van der Waals surface area contributed by atoms with E-state index < -0.39 is 0 Å². The normalized spacial score (nSPS) is 10.3. The van der Waals surface area contributed by atoms with E-state index in [9.17, 15) is 4.39 Å². The summed E-state index contributed by atoms with van der Waals surface area (Å²) in [6.07, 6.45) is 0. The fourth-order valence-corrected chi connectivity index (χ4v) is 2.87. The van der Waals surface area contributed by atoms with Crippen LogP contribution in [0.1, 0.15) is 5.56 Å². The van der Waals surface area contributed by atoms with Gasteiger partial charge in [0, 0.05) is 30.8 Å². The van der Waals surface area contributed by atoms with Crippen LogP contribution in [0.15, 0.2) is 59.5 Å². The number of halogens is 1. The highest BCUT2D eigenvalue weighted by atomic mass is 32.2. The van der Waals surface area contributed by atoms with E-state index in [2.05, 4.69) is 17.4 Å². The second-order valence-corrected chi connectivity index (χ2v) is 6.43. The molecule has 0 aliphatic heterocycles. The fourth-order valence-electron chi connectivity index (χ4n) is 1.91. The molecule has 0 amide bonds. The minimum absolute atomic E-state index is 0.218. The monoisotopic (exact) mass is 334 g/mol. The Labute approximate surface area is 140 Å². The Balaban J connectivity index is 1.69. The number of nitrogens with zero attached hydrogens (tertiary/aromatic N) is 1. The van der Waals surface area contributed by atoms with Gasteiger partial charge in [-0.15, -0.1) is 11.8 Å². The SMILES string of the molecule is CN(Cc1ccc(F)cc1)C(=S)NCCSc1ccccc1. The third-order valence-electron chi connectivity index (χ3n) is 3.07. The van der Waals surface area contributed by atoms with Crippen LogP contribution in [0.25, 0.3) is 0 Å². The van der Waals surface area contributed by atoms with Gasteiger partial charge in [-0.1, -0.05) is 30.3 Å². The molecule has 0 radical (unpaired) electrons. The lowest BCUT2D eigenvalue weighted by Crippen LogP contribution is -2.37. The molecule has 0 spiro atoms. The van der Waals surface area contributed by atoms with Gasteiger partial charge in [0.15, 0.2) is 5.11 Å². The zero-order valence-corrected chi connectivity index (χ0v) is 14.1. The average molecular weight is 334 g/mol. The predicted octanol–water partition coefficient (Wildman–Crippen LogP) is 3.92. The Bertz CT molecular complexity index is 587. The number of thiocarbonyl (C=S) groups is 1. The first-order valence-corrected chi connectivity index (χ1v) is 8.46. The first kappa shape index (κ1) is 16.8. The summed E-state index contributed by atoms with van der Waals surface area (Å²) in [5, 5.41) is 3.95. The molecule has 2 rings (SSSR count). The molecule has 0 saturated carbocycles. The topological polar surface area (TPSA) is 15.3 Å². The van der Waals surface area contributed by atoms with E-state index in [0.717, 1.165) is 17.9 Å². The van der Waals surface area contributed by atoms with Gasteiger partial charge in [0.05, 0.1) is 0 Å². The van der Waals surface area contributed by atoms with Crippen LogP contribution >= 0.6 is 24.0 Å². The van der Waals surface area contributed by atoms with Crippen LogP contribution in [0.5, 0.6) is 0 Å². The largest absolute Gasteiger partial charge is 0.362 e. The van der Waals surface area contributed by atoms with Gasteiger partial charge in [-0.2, -0.15) is 0 Å². The van der Waals surface area contributed by atoms with Gasteiger partial charge < -0.3 is 10.2 Å². The summed E-state index contributed by atoms with van der Waals surface area (Å²) in [5.74, 6) is 0.735. The molecule has 0 bridgehead atoms. The molecule has 0 aliphatic rings. The highest BCUT2D eigenvalue weighted by molar-refractivity contribution is 7.99. The summed E-state index contributed by atoms with van der Waals surface area (Å²) in [6, 6.07) is 16.8. The van der Waals surface area contributed by atoms with Crippen LogP contribution in [0, 0.1) is 5.82 Å². The minimum atomic E-state index is -0.218. The van der Waals surface area contributed by atoms with Gasteiger partial charge in [-0.3, -0.25) is 0 Å². The smallest absolute Gasteiger partial charge is 0.169 e. The molecule has 0 aromatic heterocycles. The predicted molar refractivity (Wildman–Crippen MR) is 95.6 cm³/mol. The number of hydrogen-bond donors (Lipinski definition) is 1. The van der Waals surface area contributed by atoms with E-state index in [1.165, 1.54) is 17.0 Å². The molecule has 116 valence electrons. The van der Waals surface area contributed by atoms with Crippen molar-refractivity contribution < 1.29 is 4.39 Å².